The molecule has 0 aromatic heterocycles. The molecule has 0 aliphatic heterocycles. The molecule has 0 amide bonds. The summed E-state index contributed by atoms with van der Waals surface area (Å²) >= 11 is 0. The number of carboxylic acids is 1. The first-order valence-corrected chi connectivity index (χ1v) is 7.95. The molecule has 2 aromatic carbocycles. The van der Waals surface area contributed by atoms with Crippen molar-refractivity contribution < 1.29 is 27.8 Å². The zero-order valence-electron chi connectivity index (χ0n) is 13.6. The van der Waals surface area contributed by atoms with Gasteiger partial charge in [-0.15, -0.1) is 0 Å². The SMILES string of the molecule is O=C(O)CCc1ccc(OCCCc2ccccc2)c(C(F)(F)F)c1. The van der Waals surface area contributed by atoms with Gasteiger partial charge >= 0.3 is 12.1 Å². The van der Waals surface area contributed by atoms with Crippen LogP contribution >= 0.6 is 0 Å². The zero-order valence-corrected chi connectivity index (χ0v) is 13.6. The summed E-state index contributed by atoms with van der Waals surface area (Å²) in [5.74, 6) is -1.27. The molecular weight excluding hydrogens is 333 g/mol. The maximum Gasteiger partial charge on any atom is 0.419 e. The van der Waals surface area contributed by atoms with E-state index in [4.69, 9.17) is 9.84 Å². The van der Waals surface area contributed by atoms with Crippen molar-refractivity contribution in [1.82, 2.24) is 0 Å². The Kier molecular flexibility index (Phi) is 6.44. The van der Waals surface area contributed by atoms with Gasteiger partial charge < -0.3 is 9.84 Å². The van der Waals surface area contributed by atoms with E-state index in [-0.39, 0.29) is 25.2 Å². The predicted octanol–water partition coefficient (Wildman–Crippen LogP) is 4.73. The summed E-state index contributed by atoms with van der Waals surface area (Å²) in [7, 11) is 0. The van der Waals surface area contributed by atoms with E-state index in [1.54, 1.807) is 0 Å². The van der Waals surface area contributed by atoms with Crippen LogP contribution in [0.15, 0.2) is 48.5 Å². The van der Waals surface area contributed by atoms with Crippen LogP contribution in [-0.4, -0.2) is 17.7 Å². The molecule has 2 aromatic rings. The first kappa shape index (κ1) is 18.8. The lowest BCUT2D eigenvalue weighted by atomic mass is 10.0. The number of benzene rings is 2. The molecule has 6 heteroatoms. The first-order valence-electron chi connectivity index (χ1n) is 7.95. The van der Waals surface area contributed by atoms with Crippen molar-refractivity contribution >= 4 is 5.97 Å². The third kappa shape index (κ3) is 6.14. The molecule has 0 aliphatic rings. The Morgan fingerprint density at radius 1 is 1.00 bits per heavy atom. The van der Waals surface area contributed by atoms with Gasteiger partial charge in [0.2, 0.25) is 0 Å². The van der Waals surface area contributed by atoms with Gasteiger partial charge in [0, 0.05) is 6.42 Å². The van der Waals surface area contributed by atoms with Gasteiger partial charge in [0.05, 0.1) is 12.2 Å². The van der Waals surface area contributed by atoms with E-state index < -0.39 is 17.7 Å². The minimum atomic E-state index is -4.55. The fraction of sp³-hybridized carbons (Fsp3) is 0.316. The fourth-order valence-electron chi connectivity index (χ4n) is 2.43. The quantitative estimate of drug-likeness (QED) is 0.699. The van der Waals surface area contributed by atoms with Crippen molar-refractivity contribution in [2.24, 2.45) is 0 Å². The number of ether oxygens (including phenoxy) is 1. The summed E-state index contributed by atoms with van der Waals surface area (Å²) in [5.41, 5.74) is 0.563. The number of rotatable bonds is 8. The number of aliphatic carboxylic acids is 1. The fourth-order valence-corrected chi connectivity index (χ4v) is 2.43. The van der Waals surface area contributed by atoms with Gasteiger partial charge in [-0.3, -0.25) is 4.79 Å². The molecule has 0 saturated carbocycles. The smallest absolute Gasteiger partial charge is 0.419 e. The highest BCUT2D eigenvalue weighted by Gasteiger charge is 2.34. The van der Waals surface area contributed by atoms with Crippen molar-refractivity contribution in [3.63, 3.8) is 0 Å². The zero-order chi connectivity index (χ0) is 18.3. The van der Waals surface area contributed by atoms with Crippen LogP contribution in [0.2, 0.25) is 0 Å². The molecule has 0 unspecified atom stereocenters. The number of aryl methyl sites for hydroxylation is 2. The van der Waals surface area contributed by atoms with Crippen LogP contribution in [-0.2, 0) is 23.8 Å². The highest BCUT2D eigenvalue weighted by Crippen LogP contribution is 2.37. The molecule has 1 N–H and O–H groups in total. The Balaban J connectivity index is 1.99. The van der Waals surface area contributed by atoms with E-state index >= 15 is 0 Å². The van der Waals surface area contributed by atoms with Gasteiger partial charge in [0.15, 0.2) is 0 Å². The van der Waals surface area contributed by atoms with Crippen LogP contribution in [0.3, 0.4) is 0 Å². The molecule has 0 heterocycles. The lowest BCUT2D eigenvalue weighted by molar-refractivity contribution is -0.139. The van der Waals surface area contributed by atoms with Gasteiger partial charge in [-0.25, -0.2) is 0 Å². The molecular formula is C19H19F3O3. The molecule has 3 nitrogen and oxygen atoms in total. The molecule has 0 spiro atoms. The van der Waals surface area contributed by atoms with E-state index in [0.717, 1.165) is 18.1 Å². The molecule has 0 fully saturated rings. The molecule has 0 atom stereocenters. The Morgan fingerprint density at radius 3 is 2.36 bits per heavy atom. The average molecular weight is 352 g/mol. The number of hydrogen-bond acceptors (Lipinski definition) is 2. The first-order chi connectivity index (χ1) is 11.9. The molecule has 0 bridgehead atoms. The van der Waals surface area contributed by atoms with Crippen molar-refractivity contribution in [1.29, 1.82) is 0 Å². The number of halogens is 3. The normalized spacial score (nSPS) is 11.3. The Labute approximate surface area is 144 Å². The topological polar surface area (TPSA) is 46.5 Å². The predicted molar refractivity (Wildman–Crippen MR) is 87.7 cm³/mol. The highest BCUT2D eigenvalue weighted by atomic mass is 19.4. The highest BCUT2D eigenvalue weighted by molar-refractivity contribution is 5.67. The number of carboxylic acid groups (broad SMARTS) is 1. The third-order valence-electron chi connectivity index (χ3n) is 3.69. The van der Waals surface area contributed by atoms with Gasteiger partial charge in [0.25, 0.3) is 0 Å². The summed E-state index contributed by atoms with van der Waals surface area (Å²) in [5, 5.41) is 8.65. The standard InChI is InChI=1S/C19H19F3O3/c20-19(21,22)16-13-15(9-11-18(23)24)8-10-17(16)25-12-4-7-14-5-2-1-3-6-14/h1-3,5-6,8,10,13H,4,7,9,11-12H2,(H,23,24). The van der Waals surface area contributed by atoms with Crippen LogP contribution in [0, 0.1) is 0 Å². The average Bonchev–Trinajstić information content (AvgIpc) is 2.57. The van der Waals surface area contributed by atoms with Crippen LogP contribution in [0.5, 0.6) is 5.75 Å². The van der Waals surface area contributed by atoms with Gasteiger partial charge in [0.1, 0.15) is 5.75 Å². The second-order valence-electron chi connectivity index (χ2n) is 5.66. The largest absolute Gasteiger partial charge is 0.493 e. The van der Waals surface area contributed by atoms with Gasteiger partial charge in [-0.1, -0.05) is 36.4 Å². The van der Waals surface area contributed by atoms with Crippen LogP contribution in [0.1, 0.15) is 29.5 Å². The Morgan fingerprint density at radius 2 is 1.72 bits per heavy atom. The Bertz CT molecular complexity index is 697. The minimum absolute atomic E-state index is 0.0483. The van der Waals surface area contributed by atoms with E-state index in [1.165, 1.54) is 12.1 Å². The molecule has 25 heavy (non-hydrogen) atoms. The number of carbonyl (C=O) groups is 1. The Hall–Kier alpha value is -2.50. The molecule has 2 rings (SSSR count). The second kappa shape index (κ2) is 8.55. The van der Waals surface area contributed by atoms with E-state index in [9.17, 15) is 18.0 Å². The van der Waals surface area contributed by atoms with Crippen molar-refractivity contribution in [3.05, 3.63) is 65.2 Å². The summed E-state index contributed by atoms with van der Waals surface area (Å²) in [6.45, 7) is 0.173. The molecule has 0 radical (unpaired) electrons. The number of hydrogen-bond donors (Lipinski definition) is 1. The lowest BCUT2D eigenvalue weighted by Gasteiger charge is -2.15. The van der Waals surface area contributed by atoms with Crippen LogP contribution in [0.4, 0.5) is 13.2 Å². The monoisotopic (exact) mass is 352 g/mol. The second-order valence-corrected chi connectivity index (χ2v) is 5.66. The van der Waals surface area contributed by atoms with Gasteiger partial charge in [-0.2, -0.15) is 13.2 Å². The van der Waals surface area contributed by atoms with E-state index in [2.05, 4.69) is 0 Å². The maximum absolute atomic E-state index is 13.2. The summed E-state index contributed by atoms with van der Waals surface area (Å²) in [4.78, 5) is 10.6. The maximum atomic E-state index is 13.2. The van der Waals surface area contributed by atoms with Crippen LogP contribution in [0.25, 0.3) is 0 Å². The van der Waals surface area contributed by atoms with Crippen molar-refractivity contribution in [3.8, 4) is 5.75 Å². The van der Waals surface area contributed by atoms with Crippen molar-refractivity contribution in [2.45, 2.75) is 31.9 Å². The number of alkyl halides is 3. The van der Waals surface area contributed by atoms with E-state index in [1.807, 2.05) is 30.3 Å². The summed E-state index contributed by atoms with van der Waals surface area (Å²) in [6, 6.07) is 13.3. The third-order valence-corrected chi connectivity index (χ3v) is 3.69. The van der Waals surface area contributed by atoms with E-state index in [0.29, 0.717) is 12.0 Å². The van der Waals surface area contributed by atoms with Crippen LogP contribution < -0.4 is 4.74 Å². The summed E-state index contributed by atoms with van der Waals surface area (Å²) < 4.78 is 44.9. The summed E-state index contributed by atoms with van der Waals surface area (Å²) in [6.07, 6.45) is -3.39. The van der Waals surface area contributed by atoms with Crippen molar-refractivity contribution in [2.75, 3.05) is 6.61 Å². The molecule has 134 valence electrons. The molecule has 0 aliphatic carbocycles. The van der Waals surface area contributed by atoms with Gasteiger partial charge in [-0.05, 0) is 42.5 Å². The molecule has 0 saturated heterocycles. The lowest BCUT2D eigenvalue weighted by Crippen LogP contribution is -2.11. The minimum Gasteiger partial charge on any atom is -0.493 e.